The van der Waals surface area contributed by atoms with E-state index in [0.29, 0.717) is 0 Å². The molecule has 0 saturated heterocycles. The molecule has 0 radical (unpaired) electrons. The van der Waals surface area contributed by atoms with Crippen LogP contribution in [-0.4, -0.2) is 67.4 Å². The molecule has 12 nitrogen and oxygen atoms in total. The first-order chi connectivity index (χ1) is 26.9. The van der Waals surface area contributed by atoms with Crippen molar-refractivity contribution in [3.05, 3.63) is 71.1 Å². The fourth-order valence-electron chi connectivity index (χ4n) is 13.1. The van der Waals surface area contributed by atoms with Gasteiger partial charge in [-0.05, 0) is 138 Å². The minimum absolute atomic E-state index is 0. The predicted molar refractivity (Wildman–Crippen MR) is 214 cm³/mol. The van der Waals surface area contributed by atoms with Crippen molar-refractivity contribution in [2.75, 3.05) is 30.8 Å². The van der Waals surface area contributed by atoms with Crippen molar-refractivity contribution in [2.45, 2.75) is 110 Å². The second kappa shape index (κ2) is 17.6. The number of rotatable bonds is 6. The molecule has 2 aromatic heterocycles. The van der Waals surface area contributed by atoms with E-state index >= 15 is 0 Å². The predicted octanol–water partition coefficient (Wildman–Crippen LogP) is 5.25. The van der Waals surface area contributed by atoms with Crippen LogP contribution in [0, 0.1) is 46.3 Å². The Balaban J connectivity index is 0.000000166. The molecule has 0 spiro atoms. The molecule has 2 amide bonds. The standard InChI is InChI=1S/C25H30N4O.C18H24N4O.CH4O.H2O.Pd/c30-24(25-11-18-8-19(12-25)10-20(9-18)13-25)28-23-21-6-7-29(15-22(21)26-16-27-23)14-17-4-2-1-3-5-17;23-17(18-6-11-3-12(7-18)5-13(4-11)8-18)22-16-14-1-2-19-9-15(14)20-10-21-16;1-2;;/h1-5,16,18-20H,6-15H2,(H,26,27,28,30);10-13,19H,1-9H2,(H,20,21,22,23);2H,1H3;1H2;. The van der Waals surface area contributed by atoms with Crippen molar-refractivity contribution in [2.24, 2.45) is 46.3 Å². The number of hydrogen-bond donors (Lipinski definition) is 4. The number of anilines is 2. The fourth-order valence-corrected chi connectivity index (χ4v) is 13.1. The zero-order chi connectivity index (χ0) is 37.6. The topological polar surface area (TPSA) is 177 Å². The zero-order valence-electron chi connectivity index (χ0n) is 33.3. The van der Waals surface area contributed by atoms with Crippen LogP contribution in [0.3, 0.4) is 0 Å². The van der Waals surface area contributed by atoms with Crippen LogP contribution >= 0.6 is 0 Å². The number of fused-ring (bicyclic) bond motifs is 2. The van der Waals surface area contributed by atoms with Crippen LogP contribution in [0.15, 0.2) is 43.0 Å². The summed E-state index contributed by atoms with van der Waals surface area (Å²) < 4.78 is 0. The number of aliphatic hydroxyl groups is 1. The number of nitrogens with zero attached hydrogens (tertiary/aromatic N) is 5. The van der Waals surface area contributed by atoms with E-state index in [2.05, 4.69) is 71.1 Å². The Morgan fingerprint density at radius 3 is 1.65 bits per heavy atom. The third-order valence-corrected chi connectivity index (χ3v) is 14.7. The number of aromatic nitrogens is 4. The Morgan fingerprint density at radius 2 is 1.16 bits per heavy atom. The van der Waals surface area contributed by atoms with Gasteiger partial charge in [0.1, 0.15) is 24.3 Å². The van der Waals surface area contributed by atoms with Crippen molar-refractivity contribution in [3.63, 3.8) is 0 Å². The summed E-state index contributed by atoms with van der Waals surface area (Å²) in [6.07, 6.45) is 19.7. The van der Waals surface area contributed by atoms with Gasteiger partial charge in [-0.25, -0.2) is 19.9 Å². The van der Waals surface area contributed by atoms with Crippen LogP contribution in [0.2, 0.25) is 0 Å². The van der Waals surface area contributed by atoms with Crippen LogP contribution in [0.5, 0.6) is 0 Å². The first-order valence-corrected chi connectivity index (χ1v) is 21.1. The largest absolute Gasteiger partial charge is 0.412 e. The molecule has 2 aliphatic heterocycles. The average molecular weight is 871 g/mol. The summed E-state index contributed by atoms with van der Waals surface area (Å²) >= 11 is 0. The zero-order valence-corrected chi connectivity index (χ0v) is 34.8. The molecule has 8 bridgehead atoms. The Morgan fingerprint density at radius 1 is 0.702 bits per heavy atom. The summed E-state index contributed by atoms with van der Waals surface area (Å²) in [5.41, 5.74) is 5.44. The van der Waals surface area contributed by atoms with Crippen molar-refractivity contribution in [3.8, 4) is 0 Å². The van der Waals surface area contributed by atoms with Gasteiger partial charge in [0.2, 0.25) is 11.8 Å². The maximum Gasteiger partial charge on any atom is 0.231 e. The smallest absolute Gasteiger partial charge is 0.231 e. The number of hydrogen-bond acceptors (Lipinski definition) is 9. The van der Waals surface area contributed by atoms with Gasteiger partial charge < -0.3 is 26.5 Å². The van der Waals surface area contributed by atoms with E-state index in [0.717, 1.165) is 161 Å². The molecular weight excluding hydrogens is 811 g/mol. The fraction of sp³-hybridized carbons (Fsp3) is 0.636. The molecule has 8 fully saturated rings. The molecule has 0 unspecified atom stereocenters. The van der Waals surface area contributed by atoms with Gasteiger partial charge in [0.15, 0.2) is 0 Å². The van der Waals surface area contributed by atoms with Crippen LogP contribution in [0.1, 0.15) is 105 Å². The summed E-state index contributed by atoms with van der Waals surface area (Å²) in [5.74, 6) is 6.66. The van der Waals surface area contributed by atoms with E-state index in [4.69, 9.17) is 5.11 Å². The first kappa shape index (κ1) is 42.0. The van der Waals surface area contributed by atoms with Crippen molar-refractivity contribution < 1.29 is 40.6 Å². The number of nitrogens with one attached hydrogen (secondary N) is 3. The summed E-state index contributed by atoms with van der Waals surface area (Å²) in [6, 6.07) is 10.6. The molecular formula is C44H60N8O4Pd. The minimum Gasteiger partial charge on any atom is -0.412 e. The van der Waals surface area contributed by atoms with Crippen molar-refractivity contribution in [1.29, 1.82) is 0 Å². The van der Waals surface area contributed by atoms with E-state index in [-0.39, 0.29) is 48.5 Å². The van der Waals surface area contributed by atoms with E-state index in [9.17, 15) is 9.59 Å². The van der Waals surface area contributed by atoms with Crippen LogP contribution in [0.25, 0.3) is 0 Å². The Hall–Kier alpha value is -3.18. The van der Waals surface area contributed by atoms with Crippen LogP contribution in [0.4, 0.5) is 11.6 Å². The van der Waals surface area contributed by atoms with Crippen molar-refractivity contribution in [1.82, 2.24) is 30.2 Å². The summed E-state index contributed by atoms with van der Waals surface area (Å²) in [7, 11) is 1.00. The SMILES string of the molecule is CO.O.O=C(Nc1ncnc2c1CCN(Cc1ccccc1)C2)C12CC3CC(CC(C3)C1)C2.O=C(Nc1ncnc2c1CCNC2)C12CC3CC(CC(C3)C1)C2.[Pd]. The second-order valence-corrected chi connectivity index (χ2v) is 18.5. The molecule has 6 N–H and O–H groups in total. The number of benzene rings is 1. The molecule has 57 heavy (non-hydrogen) atoms. The third-order valence-electron chi connectivity index (χ3n) is 14.7. The number of aliphatic hydroxyl groups excluding tert-OH is 1. The van der Waals surface area contributed by atoms with Gasteiger partial charge in [0, 0.05) is 64.8 Å². The number of carbonyl (C=O) groups excluding carboxylic acids is 2. The maximum atomic E-state index is 13.5. The molecule has 10 aliphatic rings. The molecule has 8 aliphatic carbocycles. The third kappa shape index (κ3) is 8.48. The minimum atomic E-state index is -0.138. The normalized spacial score (nSPS) is 32.1. The summed E-state index contributed by atoms with van der Waals surface area (Å²) in [6.45, 7) is 4.42. The van der Waals surface area contributed by atoms with E-state index in [1.807, 2.05) is 0 Å². The first-order valence-electron chi connectivity index (χ1n) is 21.1. The van der Waals surface area contributed by atoms with Crippen LogP contribution in [-0.2, 0) is 62.5 Å². The molecule has 310 valence electrons. The van der Waals surface area contributed by atoms with E-state index in [1.54, 1.807) is 12.7 Å². The molecule has 13 heteroatoms. The molecule has 13 rings (SSSR count). The van der Waals surface area contributed by atoms with Gasteiger partial charge in [-0.1, -0.05) is 30.3 Å². The van der Waals surface area contributed by atoms with Gasteiger partial charge in [-0.2, -0.15) is 0 Å². The van der Waals surface area contributed by atoms with Gasteiger partial charge in [0.05, 0.1) is 22.2 Å². The monoisotopic (exact) mass is 870 g/mol. The van der Waals surface area contributed by atoms with E-state index < -0.39 is 0 Å². The summed E-state index contributed by atoms with van der Waals surface area (Å²) in [5, 5.41) is 16.8. The number of carbonyl (C=O) groups is 2. The van der Waals surface area contributed by atoms with Gasteiger partial charge in [-0.15, -0.1) is 0 Å². The quantitative estimate of drug-likeness (QED) is 0.241. The molecule has 3 aromatic rings. The van der Waals surface area contributed by atoms with Gasteiger partial charge in [-0.3, -0.25) is 14.5 Å². The molecule has 0 atom stereocenters. The van der Waals surface area contributed by atoms with Gasteiger partial charge >= 0.3 is 0 Å². The Kier molecular flexibility index (Phi) is 12.9. The second-order valence-electron chi connectivity index (χ2n) is 18.5. The molecule has 8 saturated carbocycles. The Bertz CT molecular complexity index is 1820. The van der Waals surface area contributed by atoms with Crippen molar-refractivity contribution >= 4 is 23.5 Å². The maximum absolute atomic E-state index is 13.5. The Labute approximate surface area is 350 Å². The van der Waals surface area contributed by atoms with Gasteiger partial charge in [0.25, 0.3) is 0 Å². The molecule has 4 heterocycles. The molecule has 1 aromatic carbocycles. The number of amides is 2. The van der Waals surface area contributed by atoms with Crippen LogP contribution < -0.4 is 16.0 Å². The average Bonchev–Trinajstić information content (AvgIpc) is 3.18. The van der Waals surface area contributed by atoms with E-state index in [1.165, 1.54) is 44.1 Å². The summed E-state index contributed by atoms with van der Waals surface area (Å²) in [4.78, 5) is 46.9.